The van der Waals surface area contributed by atoms with Gasteiger partial charge in [-0.15, -0.1) is 0 Å². The van der Waals surface area contributed by atoms with Crippen LogP contribution in [0.4, 0.5) is 0 Å². The third kappa shape index (κ3) is 4.08. The van der Waals surface area contributed by atoms with E-state index in [4.69, 9.17) is 0 Å². The summed E-state index contributed by atoms with van der Waals surface area (Å²) in [6.07, 6.45) is 0.597. The molecule has 1 aromatic carbocycles. The summed E-state index contributed by atoms with van der Waals surface area (Å²) < 4.78 is 9.18. The maximum absolute atomic E-state index is 11.7. The highest BCUT2D eigenvalue weighted by atomic mass is 16.5. The number of hydrogen-bond donors (Lipinski definition) is 1. The topological polar surface area (TPSA) is 89.9 Å². The summed E-state index contributed by atoms with van der Waals surface area (Å²) in [7, 11) is 2.46. The molecule has 0 aromatic heterocycles. The van der Waals surface area contributed by atoms with E-state index in [1.807, 2.05) is 0 Å². The summed E-state index contributed by atoms with van der Waals surface area (Å²) >= 11 is 0. The van der Waals surface area contributed by atoms with E-state index in [2.05, 4.69) is 9.47 Å². The molecule has 0 saturated heterocycles. The molecule has 0 saturated carbocycles. The van der Waals surface area contributed by atoms with E-state index in [-0.39, 0.29) is 24.2 Å². The lowest BCUT2D eigenvalue weighted by Gasteiger charge is -2.14. The van der Waals surface area contributed by atoms with Crippen molar-refractivity contribution in [1.29, 1.82) is 0 Å². The third-order valence-electron chi connectivity index (χ3n) is 2.90. The normalized spacial score (nSPS) is 11.5. The van der Waals surface area contributed by atoms with Gasteiger partial charge in [0, 0.05) is 5.56 Å². The number of esters is 2. The molecule has 1 aromatic rings. The second kappa shape index (κ2) is 7.28. The first-order valence-electron chi connectivity index (χ1n) is 5.93. The van der Waals surface area contributed by atoms with E-state index in [9.17, 15) is 19.5 Å². The van der Waals surface area contributed by atoms with Gasteiger partial charge < -0.3 is 14.6 Å². The molecule has 108 valence electrons. The molecule has 0 bridgehead atoms. The minimum Gasteiger partial charge on any atom is -0.508 e. The largest absolute Gasteiger partial charge is 0.508 e. The number of hydrogen-bond acceptors (Lipinski definition) is 6. The Bertz CT molecular complexity index is 508. The van der Waals surface area contributed by atoms with Crippen LogP contribution in [0.15, 0.2) is 18.2 Å². The minimum absolute atomic E-state index is 0.0431. The highest BCUT2D eigenvalue weighted by molar-refractivity contribution is 5.82. The van der Waals surface area contributed by atoms with Crippen molar-refractivity contribution in [3.8, 4) is 5.75 Å². The monoisotopic (exact) mass is 280 g/mol. The second-order valence-electron chi connectivity index (χ2n) is 4.21. The number of ether oxygens (including phenoxy) is 2. The van der Waals surface area contributed by atoms with Gasteiger partial charge in [-0.1, -0.05) is 6.07 Å². The number of aldehydes is 1. The molecule has 0 heterocycles. The first-order chi connectivity index (χ1) is 9.51. The lowest BCUT2D eigenvalue weighted by Crippen LogP contribution is -2.23. The number of carbonyl (C=O) groups is 3. The molecule has 6 nitrogen and oxygen atoms in total. The fraction of sp³-hybridized carbons (Fsp3) is 0.357. The van der Waals surface area contributed by atoms with Crippen LogP contribution in [0.3, 0.4) is 0 Å². The Hall–Kier alpha value is -2.37. The Kier molecular flexibility index (Phi) is 5.71. The van der Waals surface area contributed by atoms with Crippen LogP contribution in [0.25, 0.3) is 0 Å². The number of phenols is 1. The summed E-state index contributed by atoms with van der Waals surface area (Å²) in [6.45, 7) is 0. The molecule has 0 unspecified atom stereocenters. The number of phenolic OH excluding ortho intramolecular Hbond substituents is 1. The highest BCUT2D eigenvalue weighted by Crippen LogP contribution is 2.21. The molecule has 1 N–H and O–H groups in total. The number of rotatable bonds is 6. The maximum atomic E-state index is 11.7. The van der Waals surface area contributed by atoms with Gasteiger partial charge in [0.15, 0.2) is 0 Å². The van der Waals surface area contributed by atoms with Gasteiger partial charge in [-0.05, 0) is 24.1 Å². The molecule has 0 spiro atoms. The summed E-state index contributed by atoms with van der Waals surface area (Å²) in [5.74, 6) is -1.87. The molecular weight excluding hydrogens is 264 g/mol. The zero-order valence-electron chi connectivity index (χ0n) is 11.3. The smallest absolute Gasteiger partial charge is 0.309 e. The van der Waals surface area contributed by atoms with Crippen molar-refractivity contribution in [2.75, 3.05) is 14.2 Å². The molecule has 0 fully saturated rings. The van der Waals surface area contributed by atoms with Crippen LogP contribution >= 0.6 is 0 Å². The van der Waals surface area contributed by atoms with Crippen LogP contribution in [0.5, 0.6) is 5.75 Å². The first kappa shape index (κ1) is 15.7. The zero-order chi connectivity index (χ0) is 15.1. The number of methoxy groups -OCH3 is 2. The van der Waals surface area contributed by atoms with Crippen molar-refractivity contribution >= 4 is 18.2 Å². The van der Waals surface area contributed by atoms with Gasteiger partial charge in [0.2, 0.25) is 0 Å². The Morgan fingerprint density at radius 1 is 1.30 bits per heavy atom. The van der Waals surface area contributed by atoms with E-state index in [0.717, 1.165) is 0 Å². The molecule has 0 radical (unpaired) electrons. The number of aromatic hydroxyl groups is 1. The Labute approximate surface area is 116 Å². The van der Waals surface area contributed by atoms with Gasteiger partial charge in [-0.2, -0.15) is 0 Å². The van der Waals surface area contributed by atoms with E-state index in [0.29, 0.717) is 11.8 Å². The van der Waals surface area contributed by atoms with Gasteiger partial charge >= 0.3 is 11.9 Å². The van der Waals surface area contributed by atoms with Gasteiger partial charge in [-0.3, -0.25) is 14.4 Å². The first-order valence-corrected chi connectivity index (χ1v) is 5.93. The lowest BCUT2D eigenvalue weighted by molar-refractivity contribution is -0.151. The molecule has 1 atom stereocenters. The van der Waals surface area contributed by atoms with Crippen molar-refractivity contribution in [2.45, 2.75) is 12.8 Å². The fourth-order valence-electron chi connectivity index (χ4n) is 1.83. The van der Waals surface area contributed by atoms with Crippen LogP contribution < -0.4 is 0 Å². The Balaban J connectivity index is 2.97. The van der Waals surface area contributed by atoms with Crippen LogP contribution in [-0.4, -0.2) is 37.6 Å². The summed E-state index contributed by atoms with van der Waals surface area (Å²) in [6, 6.07) is 4.25. The molecule has 0 aliphatic heterocycles. The lowest BCUT2D eigenvalue weighted by atomic mass is 9.93. The fourth-order valence-corrected chi connectivity index (χ4v) is 1.83. The third-order valence-corrected chi connectivity index (χ3v) is 2.90. The van der Waals surface area contributed by atoms with Crippen LogP contribution in [0.1, 0.15) is 22.3 Å². The van der Waals surface area contributed by atoms with Crippen molar-refractivity contribution in [3.63, 3.8) is 0 Å². The van der Waals surface area contributed by atoms with E-state index >= 15 is 0 Å². The zero-order valence-corrected chi connectivity index (χ0v) is 11.3. The highest BCUT2D eigenvalue weighted by Gasteiger charge is 2.24. The van der Waals surface area contributed by atoms with Gasteiger partial charge in [0.05, 0.1) is 26.6 Å². The second-order valence-corrected chi connectivity index (χ2v) is 4.21. The standard InChI is InChI=1S/C14H16O6/c1-19-13(17)7-10(14(18)20-2)5-9-3-4-12(16)6-11(9)8-15/h3-4,6,8,10,16H,5,7H2,1-2H3/t10-/m0/s1. The SMILES string of the molecule is COC(=O)C[C@H](Cc1ccc(O)cc1C=O)C(=O)OC. The molecule has 0 amide bonds. The van der Waals surface area contributed by atoms with Crippen LogP contribution in [-0.2, 0) is 25.5 Å². The Morgan fingerprint density at radius 3 is 2.55 bits per heavy atom. The molecule has 20 heavy (non-hydrogen) atoms. The summed E-state index contributed by atoms with van der Waals surface area (Å²) in [4.78, 5) is 33.9. The van der Waals surface area contributed by atoms with Crippen LogP contribution in [0.2, 0.25) is 0 Å². The average Bonchev–Trinajstić information content (AvgIpc) is 2.46. The van der Waals surface area contributed by atoms with Crippen molar-refractivity contribution < 1.29 is 29.0 Å². The van der Waals surface area contributed by atoms with E-state index < -0.39 is 17.9 Å². The van der Waals surface area contributed by atoms with Crippen molar-refractivity contribution in [2.24, 2.45) is 5.92 Å². The Morgan fingerprint density at radius 2 is 2.00 bits per heavy atom. The predicted octanol–water partition coefficient (Wildman–Crippen LogP) is 1.10. The summed E-state index contributed by atoms with van der Waals surface area (Å²) in [5.41, 5.74) is 0.820. The molecule has 6 heteroatoms. The predicted molar refractivity (Wildman–Crippen MR) is 69.3 cm³/mol. The molecule has 1 rings (SSSR count). The molecule has 0 aliphatic carbocycles. The maximum Gasteiger partial charge on any atom is 0.309 e. The van der Waals surface area contributed by atoms with E-state index in [1.54, 1.807) is 0 Å². The van der Waals surface area contributed by atoms with Crippen molar-refractivity contribution in [3.05, 3.63) is 29.3 Å². The van der Waals surface area contributed by atoms with Gasteiger partial charge in [0.25, 0.3) is 0 Å². The summed E-state index contributed by atoms with van der Waals surface area (Å²) in [5, 5.41) is 9.32. The molecular formula is C14H16O6. The quantitative estimate of drug-likeness (QED) is 0.620. The minimum atomic E-state index is -0.740. The molecule has 0 aliphatic rings. The van der Waals surface area contributed by atoms with Crippen molar-refractivity contribution in [1.82, 2.24) is 0 Å². The van der Waals surface area contributed by atoms with Gasteiger partial charge in [-0.25, -0.2) is 0 Å². The number of carbonyl (C=O) groups excluding carboxylic acids is 3. The average molecular weight is 280 g/mol. The number of benzene rings is 1. The van der Waals surface area contributed by atoms with Crippen LogP contribution in [0, 0.1) is 5.92 Å². The van der Waals surface area contributed by atoms with Gasteiger partial charge in [0.1, 0.15) is 12.0 Å². The van der Waals surface area contributed by atoms with E-state index in [1.165, 1.54) is 32.4 Å².